The van der Waals surface area contributed by atoms with Gasteiger partial charge >= 0.3 is 0 Å². The van der Waals surface area contributed by atoms with Crippen molar-refractivity contribution in [3.63, 3.8) is 0 Å². The van der Waals surface area contributed by atoms with Gasteiger partial charge in [-0.05, 0) is 12.1 Å². The Morgan fingerprint density at radius 1 is 1.44 bits per heavy atom. The Morgan fingerprint density at radius 3 is 2.89 bits per heavy atom. The number of carbonyl (C=O) groups is 1. The average molecular weight is 252 g/mol. The molecule has 1 aromatic heterocycles. The van der Waals surface area contributed by atoms with E-state index < -0.39 is 28.8 Å². The molecule has 18 heavy (non-hydrogen) atoms. The van der Waals surface area contributed by atoms with E-state index >= 15 is 0 Å². The third-order valence-corrected chi connectivity index (χ3v) is 2.32. The fraction of sp³-hybridized carbons (Fsp3) is 0.0909. The Kier molecular flexibility index (Phi) is 3.22. The van der Waals surface area contributed by atoms with Crippen LogP contribution in [0.5, 0.6) is 0 Å². The van der Waals surface area contributed by atoms with Gasteiger partial charge in [-0.15, -0.1) is 0 Å². The molecule has 0 saturated heterocycles. The molecule has 0 aliphatic rings. The predicted octanol–water partition coefficient (Wildman–Crippen LogP) is 1.20. The van der Waals surface area contributed by atoms with Crippen molar-refractivity contribution in [1.82, 2.24) is 15.5 Å². The van der Waals surface area contributed by atoms with Crippen LogP contribution in [0.1, 0.15) is 15.9 Å². The fourth-order valence-corrected chi connectivity index (χ4v) is 1.43. The molecule has 0 spiro atoms. The van der Waals surface area contributed by atoms with Gasteiger partial charge in [-0.1, -0.05) is 0 Å². The minimum absolute atomic E-state index is 0.158. The molecular formula is C11H10F2N4O. The monoisotopic (exact) mass is 252 g/mol. The van der Waals surface area contributed by atoms with Crippen LogP contribution >= 0.6 is 0 Å². The summed E-state index contributed by atoms with van der Waals surface area (Å²) < 4.78 is 26.6. The highest BCUT2D eigenvalue weighted by molar-refractivity contribution is 5.95. The summed E-state index contributed by atoms with van der Waals surface area (Å²) in [6.45, 7) is 0.158. The molecule has 0 unspecified atom stereocenters. The van der Waals surface area contributed by atoms with Crippen molar-refractivity contribution in [2.45, 2.75) is 6.54 Å². The molecule has 0 bridgehead atoms. The van der Waals surface area contributed by atoms with Gasteiger partial charge in [0.15, 0.2) is 5.82 Å². The molecular weight excluding hydrogens is 242 g/mol. The first-order chi connectivity index (χ1) is 8.58. The van der Waals surface area contributed by atoms with E-state index in [0.717, 1.165) is 12.1 Å². The summed E-state index contributed by atoms with van der Waals surface area (Å²) >= 11 is 0. The number of anilines is 1. The fourth-order valence-electron chi connectivity index (χ4n) is 1.43. The molecule has 1 aromatic carbocycles. The quantitative estimate of drug-likeness (QED) is 0.718. The third-order valence-electron chi connectivity index (χ3n) is 2.32. The number of hydrogen-bond acceptors (Lipinski definition) is 3. The van der Waals surface area contributed by atoms with Crippen LogP contribution in [0.25, 0.3) is 0 Å². The van der Waals surface area contributed by atoms with E-state index in [0.29, 0.717) is 5.56 Å². The van der Waals surface area contributed by atoms with Gasteiger partial charge in [0.05, 0.1) is 17.4 Å². The molecule has 0 aliphatic heterocycles. The maximum absolute atomic E-state index is 13.5. The summed E-state index contributed by atoms with van der Waals surface area (Å²) in [6, 6.07) is 1.62. The standard InChI is InChI=1S/C11H10F2N4O/c12-7-1-8(10(13)9(14)2-7)11(18)15-3-6-4-16-17-5-6/h1-2,4-5H,3,14H2,(H,15,18)(H,16,17). The van der Waals surface area contributed by atoms with Gasteiger partial charge in [-0.2, -0.15) is 5.10 Å². The molecule has 0 radical (unpaired) electrons. The van der Waals surface area contributed by atoms with E-state index in [2.05, 4.69) is 15.5 Å². The van der Waals surface area contributed by atoms with Crippen LogP contribution in [0.15, 0.2) is 24.5 Å². The van der Waals surface area contributed by atoms with Crippen molar-refractivity contribution in [3.8, 4) is 0 Å². The summed E-state index contributed by atoms with van der Waals surface area (Å²) in [7, 11) is 0. The van der Waals surface area contributed by atoms with Crippen LogP contribution in [-0.4, -0.2) is 16.1 Å². The second kappa shape index (κ2) is 4.82. The van der Waals surface area contributed by atoms with Crippen molar-refractivity contribution < 1.29 is 13.6 Å². The van der Waals surface area contributed by atoms with E-state index in [1.54, 1.807) is 6.20 Å². The largest absolute Gasteiger partial charge is 0.396 e. The van der Waals surface area contributed by atoms with Gasteiger partial charge in [0.25, 0.3) is 5.91 Å². The van der Waals surface area contributed by atoms with Crippen LogP contribution in [0.2, 0.25) is 0 Å². The number of aromatic nitrogens is 2. The van der Waals surface area contributed by atoms with Crippen molar-refractivity contribution in [3.05, 3.63) is 47.3 Å². The van der Waals surface area contributed by atoms with Crippen molar-refractivity contribution >= 4 is 11.6 Å². The number of rotatable bonds is 3. The molecule has 0 fully saturated rings. The molecule has 2 rings (SSSR count). The van der Waals surface area contributed by atoms with Crippen LogP contribution in [0, 0.1) is 11.6 Å². The zero-order valence-electron chi connectivity index (χ0n) is 9.21. The number of carbonyl (C=O) groups excluding carboxylic acids is 1. The van der Waals surface area contributed by atoms with Gasteiger partial charge in [0, 0.05) is 18.3 Å². The smallest absolute Gasteiger partial charge is 0.254 e. The number of aromatic amines is 1. The summed E-state index contributed by atoms with van der Waals surface area (Å²) in [5, 5.41) is 8.69. The number of amides is 1. The molecule has 1 heterocycles. The van der Waals surface area contributed by atoms with Crippen molar-refractivity contribution in [2.24, 2.45) is 0 Å². The van der Waals surface area contributed by atoms with Crippen molar-refractivity contribution in [2.75, 3.05) is 5.73 Å². The maximum atomic E-state index is 13.5. The Balaban J connectivity index is 2.14. The van der Waals surface area contributed by atoms with Crippen LogP contribution in [0.3, 0.4) is 0 Å². The highest BCUT2D eigenvalue weighted by atomic mass is 19.1. The SMILES string of the molecule is Nc1cc(F)cc(C(=O)NCc2cn[nH]c2)c1F. The lowest BCUT2D eigenvalue weighted by atomic mass is 10.1. The zero-order valence-corrected chi connectivity index (χ0v) is 9.21. The van der Waals surface area contributed by atoms with Gasteiger partial charge in [0.2, 0.25) is 0 Å². The van der Waals surface area contributed by atoms with Gasteiger partial charge in [-0.3, -0.25) is 9.89 Å². The highest BCUT2D eigenvalue weighted by Gasteiger charge is 2.15. The summed E-state index contributed by atoms with van der Waals surface area (Å²) in [5.41, 5.74) is 5.14. The van der Waals surface area contributed by atoms with Gasteiger partial charge in [-0.25, -0.2) is 8.78 Å². The number of halogens is 2. The Morgan fingerprint density at radius 2 is 2.22 bits per heavy atom. The van der Waals surface area contributed by atoms with Crippen LogP contribution < -0.4 is 11.1 Å². The number of H-pyrrole nitrogens is 1. The lowest BCUT2D eigenvalue weighted by Crippen LogP contribution is -2.24. The van der Waals surface area contributed by atoms with E-state index in [1.165, 1.54) is 6.20 Å². The summed E-state index contributed by atoms with van der Waals surface area (Å²) in [5.74, 6) is -2.43. The second-order valence-electron chi connectivity index (χ2n) is 3.65. The number of nitrogens with one attached hydrogen (secondary N) is 2. The Bertz CT molecular complexity index is 569. The Labute approximate surface area is 101 Å². The number of nitrogens with zero attached hydrogens (tertiary/aromatic N) is 1. The highest BCUT2D eigenvalue weighted by Crippen LogP contribution is 2.17. The number of nitrogens with two attached hydrogens (primary N) is 1. The number of hydrogen-bond donors (Lipinski definition) is 3. The van der Waals surface area contributed by atoms with E-state index in [4.69, 9.17) is 5.73 Å². The topological polar surface area (TPSA) is 83.8 Å². The first kappa shape index (κ1) is 12.0. The van der Waals surface area contributed by atoms with E-state index in [-0.39, 0.29) is 6.54 Å². The van der Waals surface area contributed by atoms with Crippen LogP contribution in [-0.2, 0) is 6.54 Å². The first-order valence-electron chi connectivity index (χ1n) is 5.08. The average Bonchev–Trinajstić information content (AvgIpc) is 2.83. The van der Waals surface area contributed by atoms with Gasteiger partial charge < -0.3 is 11.1 Å². The lowest BCUT2D eigenvalue weighted by molar-refractivity contribution is 0.0946. The minimum atomic E-state index is -0.930. The minimum Gasteiger partial charge on any atom is -0.396 e. The lowest BCUT2D eigenvalue weighted by Gasteiger charge is -2.06. The normalized spacial score (nSPS) is 10.3. The Hall–Kier alpha value is -2.44. The summed E-state index contributed by atoms with van der Waals surface area (Å²) in [4.78, 5) is 11.7. The third kappa shape index (κ3) is 2.45. The van der Waals surface area contributed by atoms with Crippen LogP contribution in [0.4, 0.5) is 14.5 Å². The zero-order chi connectivity index (χ0) is 13.1. The molecule has 0 aliphatic carbocycles. The van der Waals surface area contributed by atoms with E-state index in [1.807, 2.05) is 0 Å². The first-order valence-corrected chi connectivity index (χ1v) is 5.08. The molecule has 94 valence electrons. The van der Waals surface area contributed by atoms with Crippen molar-refractivity contribution in [1.29, 1.82) is 0 Å². The summed E-state index contributed by atoms with van der Waals surface area (Å²) in [6.07, 6.45) is 3.09. The molecule has 1 amide bonds. The van der Waals surface area contributed by atoms with E-state index in [9.17, 15) is 13.6 Å². The van der Waals surface area contributed by atoms with Gasteiger partial charge in [0.1, 0.15) is 5.82 Å². The number of benzene rings is 1. The molecule has 0 atom stereocenters. The number of nitrogen functional groups attached to an aromatic ring is 1. The molecule has 4 N–H and O–H groups in total. The molecule has 0 saturated carbocycles. The predicted molar refractivity (Wildman–Crippen MR) is 60.5 cm³/mol. The maximum Gasteiger partial charge on any atom is 0.254 e. The molecule has 2 aromatic rings. The second-order valence-corrected chi connectivity index (χ2v) is 3.65. The molecule has 7 heteroatoms. The molecule has 5 nitrogen and oxygen atoms in total.